The van der Waals surface area contributed by atoms with Crippen LogP contribution in [-0.4, -0.2) is 55.4 Å². The van der Waals surface area contributed by atoms with Gasteiger partial charge >= 0.3 is 0 Å². The molecule has 2 N–H and O–H groups in total. The lowest BCUT2D eigenvalue weighted by Gasteiger charge is -2.22. The number of aryl methyl sites for hydroxylation is 3. The molecular formula is C20H29N4O2S+. The van der Waals surface area contributed by atoms with E-state index < -0.39 is 0 Å². The fourth-order valence-corrected chi connectivity index (χ4v) is 3.53. The molecule has 6 nitrogen and oxygen atoms in total. The predicted octanol–water partition coefficient (Wildman–Crippen LogP) is 1.68. The Hall–Kier alpha value is -2.25. The molecule has 0 fully saturated rings. The van der Waals surface area contributed by atoms with Crippen molar-refractivity contribution in [2.24, 2.45) is 0 Å². The van der Waals surface area contributed by atoms with Gasteiger partial charge in [-0.2, -0.15) is 0 Å². The largest absolute Gasteiger partial charge is 0.340 e. The van der Waals surface area contributed by atoms with Crippen LogP contribution < -0.4 is 10.2 Å². The van der Waals surface area contributed by atoms with Crippen LogP contribution in [-0.2, 0) is 4.79 Å². The summed E-state index contributed by atoms with van der Waals surface area (Å²) in [7, 11) is 4.15. The van der Waals surface area contributed by atoms with E-state index in [-0.39, 0.29) is 18.4 Å². The summed E-state index contributed by atoms with van der Waals surface area (Å²) in [6.45, 7) is 7.34. The summed E-state index contributed by atoms with van der Waals surface area (Å²) in [5.74, 6) is -0.337. The average Bonchev–Trinajstić information content (AvgIpc) is 2.90. The SMILES string of the molecule is Cc1cccc(C(=O)N(CCC[NH+](C)C)CC(=O)Nc2nc(C)c(C)s2)c1. The number of benzene rings is 1. The van der Waals surface area contributed by atoms with Crippen LogP contribution in [0.15, 0.2) is 24.3 Å². The summed E-state index contributed by atoms with van der Waals surface area (Å²) < 4.78 is 0. The molecule has 0 saturated carbocycles. The average molecular weight is 390 g/mol. The highest BCUT2D eigenvalue weighted by Crippen LogP contribution is 2.21. The Morgan fingerprint density at radius 1 is 1.22 bits per heavy atom. The number of amides is 2. The van der Waals surface area contributed by atoms with E-state index >= 15 is 0 Å². The number of nitrogens with zero attached hydrogens (tertiary/aromatic N) is 2. The lowest BCUT2D eigenvalue weighted by molar-refractivity contribution is -0.858. The molecule has 1 aromatic heterocycles. The van der Waals surface area contributed by atoms with Gasteiger partial charge in [0.1, 0.15) is 6.54 Å². The maximum atomic E-state index is 12.9. The van der Waals surface area contributed by atoms with Crippen LogP contribution in [0.2, 0.25) is 0 Å². The van der Waals surface area contributed by atoms with Crippen molar-refractivity contribution >= 4 is 28.3 Å². The lowest BCUT2D eigenvalue weighted by Crippen LogP contribution is -3.05. The third kappa shape index (κ3) is 6.45. The van der Waals surface area contributed by atoms with Gasteiger partial charge in [0.2, 0.25) is 5.91 Å². The zero-order valence-corrected chi connectivity index (χ0v) is 17.6. The number of carbonyl (C=O) groups is 2. The zero-order chi connectivity index (χ0) is 20.0. The summed E-state index contributed by atoms with van der Waals surface area (Å²) in [5, 5.41) is 3.40. The molecule has 1 heterocycles. The van der Waals surface area contributed by atoms with E-state index in [1.54, 1.807) is 11.0 Å². The van der Waals surface area contributed by atoms with Crippen LogP contribution in [0.1, 0.15) is 32.9 Å². The van der Waals surface area contributed by atoms with Gasteiger partial charge in [0.25, 0.3) is 5.91 Å². The first-order chi connectivity index (χ1) is 12.8. The number of anilines is 1. The van der Waals surface area contributed by atoms with E-state index in [1.807, 2.05) is 39.0 Å². The van der Waals surface area contributed by atoms with E-state index in [4.69, 9.17) is 0 Å². The molecule has 0 aliphatic rings. The summed E-state index contributed by atoms with van der Waals surface area (Å²) >= 11 is 1.45. The number of carbonyl (C=O) groups excluding carboxylic acids is 2. The molecule has 0 aliphatic heterocycles. The number of aromatic nitrogens is 1. The highest BCUT2D eigenvalue weighted by atomic mass is 32.1. The van der Waals surface area contributed by atoms with Crippen molar-refractivity contribution in [1.82, 2.24) is 9.88 Å². The van der Waals surface area contributed by atoms with E-state index in [9.17, 15) is 9.59 Å². The van der Waals surface area contributed by atoms with Gasteiger partial charge in [-0.3, -0.25) is 9.59 Å². The third-order valence-electron chi connectivity index (χ3n) is 4.27. The number of hydrogen-bond acceptors (Lipinski definition) is 4. The zero-order valence-electron chi connectivity index (χ0n) is 16.8. The summed E-state index contributed by atoms with van der Waals surface area (Å²) in [5.41, 5.74) is 2.55. The fourth-order valence-electron chi connectivity index (χ4n) is 2.69. The molecular weight excluding hydrogens is 360 g/mol. The molecule has 0 bridgehead atoms. The molecule has 0 radical (unpaired) electrons. The Balaban J connectivity index is 2.08. The second-order valence-corrected chi connectivity index (χ2v) is 8.32. The standard InChI is InChI=1S/C20H28N4O2S/c1-14-8-6-9-17(12-14)19(26)24(11-7-10-23(4)5)13-18(25)22-20-21-15(2)16(3)27-20/h6,8-9,12H,7,10-11,13H2,1-5H3,(H,21,22,25)/p+1. The molecule has 0 aliphatic carbocycles. The van der Waals surface area contributed by atoms with Gasteiger partial charge < -0.3 is 15.1 Å². The van der Waals surface area contributed by atoms with Gasteiger partial charge in [-0.05, 0) is 32.9 Å². The number of quaternary nitrogens is 1. The summed E-state index contributed by atoms with van der Waals surface area (Å²) in [6.07, 6.45) is 0.836. The molecule has 2 amide bonds. The predicted molar refractivity (Wildman–Crippen MR) is 110 cm³/mol. The van der Waals surface area contributed by atoms with Crippen LogP contribution in [0.25, 0.3) is 0 Å². The highest BCUT2D eigenvalue weighted by molar-refractivity contribution is 7.15. The van der Waals surface area contributed by atoms with Gasteiger partial charge in [0.05, 0.1) is 26.3 Å². The monoisotopic (exact) mass is 389 g/mol. The quantitative estimate of drug-likeness (QED) is 0.722. The second kappa shape index (κ2) is 9.62. The van der Waals surface area contributed by atoms with Crippen LogP contribution in [0, 0.1) is 20.8 Å². The first kappa shape index (κ1) is 21.1. The Bertz CT molecular complexity index is 782. The minimum absolute atomic E-state index is 0.0210. The number of rotatable bonds is 8. The normalized spacial score (nSPS) is 10.9. The smallest absolute Gasteiger partial charge is 0.254 e. The molecule has 0 saturated heterocycles. The molecule has 0 atom stereocenters. The number of hydrogen-bond donors (Lipinski definition) is 2. The van der Waals surface area contributed by atoms with Crippen molar-refractivity contribution in [2.75, 3.05) is 39.0 Å². The summed E-state index contributed by atoms with van der Waals surface area (Å²) in [4.78, 5) is 33.8. The Labute approximate surface area is 165 Å². The molecule has 1 aromatic carbocycles. The Morgan fingerprint density at radius 2 is 1.96 bits per heavy atom. The number of nitrogens with one attached hydrogen (secondary N) is 2. The molecule has 27 heavy (non-hydrogen) atoms. The van der Waals surface area contributed by atoms with Crippen LogP contribution in [0.3, 0.4) is 0 Å². The van der Waals surface area contributed by atoms with E-state index in [2.05, 4.69) is 24.4 Å². The van der Waals surface area contributed by atoms with Gasteiger partial charge in [0.15, 0.2) is 5.13 Å². The maximum Gasteiger partial charge on any atom is 0.254 e. The Morgan fingerprint density at radius 3 is 2.56 bits per heavy atom. The van der Waals surface area contributed by atoms with Crippen LogP contribution in [0.4, 0.5) is 5.13 Å². The van der Waals surface area contributed by atoms with Gasteiger partial charge in [-0.15, -0.1) is 11.3 Å². The summed E-state index contributed by atoms with van der Waals surface area (Å²) in [6, 6.07) is 7.48. The minimum Gasteiger partial charge on any atom is -0.340 e. The van der Waals surface area contributed by atoms with Crippen LogP contribution >= 0.6 is 11.3 Å². The molecule has 7 heteroatoms. The first-order valence-corrected chi connectivity index (χ1v) is 9.96. The van der Waals surface area contributed by atoms with Gasteiger partial charge in [-0.1, -0.05) is 17.7 Å². The molecule has 0 spiro atoms. The maximum absolute atomic E-state index is 12.9. The van der Waals surface area contributed by atoms with Crippen molar-refractivity contribution in [2.45, 2.75) is 27.2 Å². The molecule has 146 valence electrons. The van der Waals surface area contributed by atoms with Gasteiger partial charge in [-0.25, -0.2) is 4.98 Å². The van der Waals surface area contributed by atoms with Crippen molar-refractivity contribution in [3.05, 3.63) is 46.0 Å². The topological polar surface area (TPSA) is 66.7 Å². The van der Waals surface area contributed by atoms with Crippen molar-refractivity contribution in [3.63, 3.8) is 0 Å². The van der Waals surface area contributed by atoms with E-state index in [0.717, 1.165) is 29.1 Å². The number of thiazole rings is 1. The van der Waals surface area contributed by atoms with Crippen molar-refractivity contribution < 1.29 is 14.5 Å². The molecule has 2 aromatic rings. The van der Waals surface area contributed by atoms with Crippen molar-refractivity contribution in [3.8, 4) is 0 Å². The second-order valence-electron chi connectivity index (χ2n) is 7.12. The van der Waals surface area contributed by atoms with Crippen LogP contribution in [0.5, 0.6) is 0 Å². The van der Waals surface area contributed by atoms with E-state index in [0.29, 0.717) is 17.2 Å². The fraction of sp³-hybridized carbons (Fsp3) is 0.450. The third-order valence-corrected chi connectivity index (χ3v) is 5.25. The molecule has 0 unspecified atom stereocenters. The lowest BCUT2D eigenvalue weighted by atomic mass is 10.1. The molecule has 2 rings (SSSR count). The highest BCUT2D eigenvalue weighted by Gasteiger charge is 2.20. The Kier molecular flexibility index (Phi) is 7.50. The van der Waals surface area contributed by atoms with E-state index in [1.165, 1.54) is 16.2 Å². The van der Waals surface area contributed by atoms with Crippen molar-refractivity contribution in [1.29, 1.82) is 0 Å². The first-order valence-electron chi connectivity index (χ1n) is 9.15. The van der Waals surface area contributed by atoms with Gasteiger partial charge in [0, 0.05) is 23.4 Å². The minimum atomic E-state index is -0.220.